The Labute approximate surface area is 101 Å². The zero-order valence-corrected chi connectivity index (χ0v) is 11.5. The van der Waals surface area contributed by atoms with Crippen molar-refractivity contribution in [1.82, 2.24) is 9.80 Å². The molecule has 1 aliphatic carbocycles. The Hall–Kier alpha value is -0.120. The second kappa shape index (κ2) is 5.99. The summed E-state index contributed by atoms with van der Waals surface area (Å²) in [4.78, 5) is 4.77. The van der Waals surface area contributed by atoms with Gasteiger partial charge in [-0.1, -0.05) is 19.8 Å². The SMILES string of the molecule is CCC1CCCC1(CN)N(C)CCN(C)C. The topological polar surface area (TPSA) is 32.5 Å². The first-order valence-corrected chi connectivity index (χ1v) is 6.63. The van der Waals surface area contributed by atoms with Crippen molar-refractivity contribution in [3.63, 3.8) is 0 Å². The number of hydrogen-bond donors (Lipinski definition) is 1. The molecule has 0 amide bonds. The third kappa shape index (κ3) is 2.76. The lowest BCUT2D eigenvalue weighted by Crippen LogP contribution is -2.55. The van der Waals surface area contributed by atoms with Crippen molar-refractivity contribution in [2.75, 3.05) is 40.8 Å². The van der Waals surface area contributed by atoms with Crippen molar-refractivity contribution < 1.29 is 0 Å². The van der Waals surface area contributed by atoms with Crippen molar-refractivity contribution in [3.8, 4) is 0 Å². The monoisotopic (exact) mass is 227 g/mol. The third-order valence-corrected chi connectivity index (χ3v) is 4.41. The van der Waals surface area contributed by atoms with E-state index in [0.717, 1.165) is 25.6 Å². The summed E-state index contributed by atoms with van der Waals surface area (Å²) < 4.78 is 0. The van der Waals surface area contributed by atoms with E-state index in [4.69, 9.17) is 5.73 Å². The standard InChI is InChI=1S/C13H29N3/c1-5-12-7-6-8-13(12,11-14)16(4)10-9-15(2)3/h12H,5-11,14H2,1-4H3. The van der Waals surface area contributed by atoms with E-state index >= 15 is 0 Å². The van der Waals surface area contributed by atoms with E-state index in [9.17, 15) is 0 Å². The van der Waals surface area contributed by atoms with Gasteiger partial charge in [0.1, 0.15) is 0 Å². The van der Waals surface area contributed by atoms with Crippen LogP contribution in [0.3, 0.4) is 0 Å². The van der Waals surface area contributed by atoms with Gasteiger partial charge in [0, 0.05) is 25.2 Å². The third-order valence-electron chi connectivity index (χ3n) is 4.41. The smallest absolute Gasteiger partial charge is 0.0357 e. The first kappa shape index (κ1) is 13.9. The molecule has 1 rings (SSSR count). The molecule has 2 atom stereocenters. The maximum atomic E-state index is 6.09. The van der Waals surface area contributed by atoms with Crippen LogP contribution in [-0.4, -0.2) is 56.1 Å². The molecular formula is C13H29N3. The molecule has 0 aliphatic heterocycles. The first-order chi connectivity index (χ1) is 7.56. The summed E-state index contributed by atoms with van der Waals surface area (Å²) in [5.74, 6) is 0.796. The van der Waals surface area contributed by atoms with Gasteiger partial charge in [-0.3, -0.25) is 4.90 Å². The maximum absolute atomic E-state index is 6.09. The summed E-state index contributed by atoms with van der Waals surface area (Å²) in [5.41, 5.74) is 6.37. The van der Waals surface area contributed by atoms with E-state index < -0.39 is 0 Å². The molecule has 0 spiro atoms. The van der Waals surface area contributed by atoms with Gasteiger partial charge in [0.2, 0.25) is 0 Å². The first-order valence-electron chi connectivity index (χ1n) is 6.63. The molecule has 0 aromatic rings. The normalized spacial score (nSPS) is 30.6. The quantitative estimate of drug-likeness (QED) is 0.744. The summed E-state index contributed by atoms with van der Waals surface area (Å²) in [6.45, 7) is 5.37. The minimum absolute atomic E-state index is 0.282. The van der Waals surface area contributed by atoms with Crippen LogP contribution in [0.15, 0.2) is 0 Å². The molecule has 3 nitrogen and oxygen atoms in total. The fourth-order valence-corrected chi connectivity index (χ4v) is 3.21. The summed E-state index contributed by atoms with van der Waals surface area (Å²) >= 11 is 0. The number of nitrogens with zero attached hydrogens (tertiary/aromatic N) is 2. The highest BCUT2D eigenvalue weighted by atomic mass is 15.2. The molecule has 1 fully saturated rings. The second-order valence-corrected chi connectivity index (χ2v) is 5.53. The summed E-state index contributed by atoms with van der Waals surface area (Å²) in [5, 5.41) is 0. The number of hydrogen-bond acceptors (Lipinski definition) is 3. The Balaban J connectivity index is 2.63. The number of likely N-dealkylation sites (N-methyl/N-ethyl adjacent to an activating group) is 2. The van der Waals surface area contributed by atoms with Crippen LogP contribution in [-0.2, 0) is 0 Å². The molecule has 0 radical (unpaired) electrons. The van der Waals surface area contributed by atoms with Gasteiger partial charge in [-0.2, -0.15) is 0 Å². The summed E-state index contributed by atoms with van der Waals surface area (Å²) in [6.07, 6.45) is 5.26. The van der Waals surface area contributed by atoms with Gasteiger partial charge in [-0.25, -0.2) is 0 Å². The lowest BCUT2D eigenvalue weighted by molar-refractivity contribution is 0.0754. The highest BCUT2D eigenvalue weighted by Gasteiger charge is 2.43. The second-order valence-electron chi connectivity index (χ2n) is 5.53. The Kier molecular flexibility index (Phi) is 5.22. The minimum Gasteiger partial charge on any atom is -0.329 e. The van der Waals surface area contributed by atoms with E-state index in [1.165, 1.54) is 25.7 Å². The average molecular weight is 227 g/mol. The van der Waals surface area contributed by atoms with E-state index in [1.807, 2.05) is 0 Å². The van der Waals surface area contributed by atoms with Crippen molar-refractivity contribution in [2.24, 2.45) is 11.7 Å². The largest absolute Gasteiger partial charge is 0.329 e. The van der Waals surface area contributed by atoms with Crippen molar-refractivity contribution in [1.29, 1.82) is 0 Å². The van der Waals surface area contributed by atoms with E-state index in [-0.39, 0.29) is 5.54 Å². The fourth-order valence-electron chi connectivity index (χ4n) is 3.21. The minimum atomic E-state index is 0.282. The van der Waals surface area contributed by atoms with Crippen molar-refractivity contribution in [3.05, 3.63) is 0 Å². The zero-order chi connectivity index (χ0) is 12.2. The van der Waals surface area contributed by atoms with Crippen LogP contribution in [0.1, 0.15) is 32.6 Å². The molecule has 0 heterocycles. The Morgan fingerprint density at radius 2 is 1.94 bits per heavy atom. The van der Waals surface area contributed by atoms with Crippen LogP contribution in [0.25, 0.3) is 0 Å². The zero-order valence-electron chi connectivity index (χ0n) is 11.5. The van der Waals surface area contributed by atoms with Gasteiger partial charge in [0.25, 0.3) is 0 Å². The molecule has 16 heavy (non-hydrogen) atoms. The number of rotatable bonds is 6. The van der Waals surface area contributed by atoms with Gasteiger partial charge >= 0.3 is 0 Å². The molecule has 0 saturated heterocycles. The van der Waals surface area contributed by atoms with Crippen molar-refractivity contribution >= 4 is 0 Å². The molecule has 1 saturated carbocycles. The predicted molar refractivity (Wildman–Crippen MR) is 70.6 cm³/mol. The summed E-state index contributed by atoms with van der Waals surface area (Å²) in [7, 11) is 6.52. The molecule has 2 N–H and O–H groups in total. The van der Waals surface area contributed by atoms with E-state index in [2.05, 4.69) is 37.9 Å². The Morgan fingerprint density at radius 1 is 1.25 bits per heavy atom. The van der Waals surface area contributed by atoms with Crippen LogP contribution in [0.5, 0.6) is 0 Å². The predicted octanol–water partition coefficient (Wildman–Crippen LogP) is 1.39. The lowest BCUT2D eigenvalue weighted by Gasteiger charge is -2.43. The van der Waals surface area contributed by atoms with Gasteiger partial charge in [-0.05, 0) is 39.9 Å². The average Bonchev–Trinajstić information content (AvgIpc) is 2.69. The molecule has 96 valence electrons. The maximum Gasteiger partial charge on any atom is 0.0357 e. The van der Waals surface area contributed by atoms with E-state index in [0.29, 0.717) is 0 Å². The molecule has 0 bridgehead atoms. The molecular weight excluding hydrogens is 198 g/mol. The Bertz CT molecular complexity index is 205. The van der Waals surface area contributed by atoms with Crippen molar-refractivity contribution in [2.45, 2.75) is 38.1 Å². The Morgan fingerprint density at radius 3 is 2.44 bits per heavy atom. The lowest BCUT2D eigenvalue weighted by atomic mass is 9.83. The molecule has 0 aromatic carbocycles. The van der Waals surface area contributed by atoms with Gasteiger partial charge in [0.05, 0.1) is 0 Å². The molecule has 1 aliphatic rings. The number of nitrogens with two attached hydrogens (primary N) is 1. The van der Waals surface area contributed by atoms with E-state index in [1.54, 1.807) is 0 Å². The fraction of sp³-hybridized carbons (Fsp3) is 1.00. The van der Waals surface area contributed by atoms with Crippen LogP contribution < -0.4 is 5.73 Å². The molecule has 3 heteroatoms. The van der Waals surface area contributed by atoms with Crippen LogP contribution in [0.2, 0.25) is 0 Å². The van der Waals surface area contributed by atoms with Gasteiger partial charge < -0.3 is 10.6 Å². The molecule has 2 unspecified atom stereocenters. The van der Waals surface area contributed by atoms with Crippen LogP contribution >= 0.6 is 0 Å². The van der Waals surface area contributed by atoms with Crippen LogP contribution in [0.4, 0.5) is 0 Å². The van der Waals surface area contributed by atoms with Crippen LogP contribution in [0, 0.1) is 5.92 Å². The highest BCUT2D eigenvalue weighted by Crippen LogP contribution is 2.40. The molecule has 0 aromatic heterocycles. The summed E-state index contributed by atoms with van der Waals surface area (Å²) in [6, 6.07) is 0. The highest BCUT2D eigenvalue weighted by molar-refractivity contribution is 5.00. The van der Waals surface area contributed by atoms with Gasteiger partial charge in [-0.15, -0.1) is 0 Å². The van der Waals surface area contributed by atoms with Gasteiger partial charge in [0.15, 0.2) is 0 Å².